The molecule has 1 aliphatic heterocycles. The van der Waals surface area contributed by atoms with E-state index in [1.165, 1.54) is 11.8 Å². The van der Waals surface area contributed by atoms with E-state index in [0.717, 1.165) is 4.90 Å². The topological polar surface area (TPSA) is 116 Å². The number of aliphatic hydroxyl groups is 4. The molecule has 5 atom stereocenters. The summed E-state index contributed by atoms with van der Waals surface area (Å²) in [6, 6.07) is 7.00. The van der Waals surface area contributed by atoms with Gasteiger partial charge >= 0.3 is 0 Å². The second kappa shape index (κ2) is 6.08. The SMILES string of the molecule is Nc1ccc(S[C@@H]2O[C@@H]([C@H](O)CO)[C@H](O)[C@H]2O)cc1. The van der Waals surface area contributed by atoms with Crippen LogP contribution in [0.3, 0.4) is 0 Å². The van der Waals surface area contributed by atoms with Gasteiger partial charge in [-0.1, -0.05) is 11.8 Å². The van der Waals surface area contributed by atoms with Crippen LogP contribution in [0.1, 0.15) is 0 Å². The lowest BCUT2D eigenvalue weighted by Gasteiger charge is -2.18. The molecule has 0 aromatic heterocycles. The summed E-state index contributed by atoms with van der Waals surface area (Å²) in [6.07, 6.45) is -4.57. The highest BCUT2D eigenvalue weighted by Crippen LogP contribution is 2.35. The van der Waals surface area contributed by atoms with Crippen molar-refractivity contribution in [2.75, 3.05) is 12.3 Å². The van der Waals surface area contributed by atoms with Crippen LogP contribution in [-0.4, -0.2) is 56.9 Å². The van der Waals surface area contributed by atoms with Gasteiger partial charge in [-0.3, -0.25) is 0 Å². The normalized spacial score (nSPS) is 32.4. The van der Waals surface area contributed by atoms with Gasteiger partial charge < -0.3 is 30.9 Å². The standard InChI is InChI=1S/C12H17NO5S/c13-6-1-3-7(4-2-6)19-12-10(17)9(16)11(18-12)8(15)5-14/h1-4,8-12,14-17H,5,13H2/t8-,9-,10-,11+,12+/m1/s1. The molecular weight excluding hydrogens is 270 g/mol. The van der Waals surface area contributed by atoms with Crippen LogP contribution in [0.4, 0.5) is 5.69 Å². The fourth-order valence-corrected chi connectivity index (χ4v) is 2.92. The molecule has 106 valence electrons. The summed E-state index contributed by atoms with van der Waals surface area (Å²) in [7, 11) is 0. The first-order valence-corrected chi connectivity index (χ1v) is 6.73. The smallest absolute Gasteiger partial charge is 0.136 e. The summed E-state index contributed by atoms with van der Waals surface area (Å²) in [4.78, 5) is 0.824. The van der Waals surface area contributed by atoms with Crippen LogP contribution < -0.4 is 5.73 Å². The molecule has 19 heavy (non-hydrogen) atoms. The lowest BCUT2D eigenvalue weighted by molar-refractivity contribution is -0.0713. The Labute approximate surface area is 114 Å². The van der Waals surface area contributed by atoms with Crippen LogP contribution in [0.5, 0.6) is 0 Å². The summed E-state index contributed by atoms with van der Waals surface area (Å²) in [5.41, 5.74) is 5.50. The van der Waals surface area contributed by atoms with E-state index in [2.05, 4.69) is 0 Å². The second-order valence-electron chi connectivity index (χ2n) is 4.39. The highest BCUT2D eigenvalue weighted by atomic mass is 32.2. The van der Waals surface area contributed by atoms with E-state index in [1.807, 2.05) is 0 Å². The third-order valence-electron chi connectivity index (χ3n) is 2.96. The molecule has 0 amide bonds. The Kier molecular flexibility index (Phi) is 4.67. The largest absolute Gasteiger partial charge is 0.399 e. The summed E-state index contributed by atoms with van der Waals surface area (Å²) in [6.45, 7) is -0.534. The lowest BCUT2D eigenvalue weighted by Crippen LogP contribution is -2.40. The molecule has 6 N–H and O–H groups in total. The van der Waals surface area contributed by atoms with Gasteiger partial charge in [-0.2, -0.15) is 0 Å². The van der Waals surface area contributed by atoms with Crippen LogP contribution in [-0.2, 0) is 4.74 Å². The van der Waals surface area contributed by atoms with E-state index >= 15 is 0 Å². The molecule has 2 rings (SSSR count). The fourth-order valence-electron chi connectivity index (χ4n) is 1.87. The number of rotatable bonds is 4. The zero-order chi connectivity index (χ0) is 14.0. The number of ether oxygens (including phenoxy) is 1. The highest BCUT2D eigenvalue weighted by molar-refractivity contribution is 7.99. The van der Waals surface area contributed by atoms with Gasteiger partial charge in [-0.15, -0.1) is 0 Å². The van der Waals surface area contributed by atoms with E-state index in [-0.39, 0.29) is 0 Å². The predicted molar refractivity (Wildman–Crippen MR) is 70.5 cm³/mol. The average Bonchev–Trinajstić information content (AvgIpc) is 2.69. The van der Waals surface area contributed by atoms with Crippen LogP contribution in [0, 0.1) is 0 Å². The van der Waals surface area contributed by atoms with Gasteiger partial charge in [0.05, 0.1) is 6.61 Å². The average molecular weight is 287 g/mol. The van der Waals surface area contributed by atoms with E-state index in [9.17, 15) is 15.3 Å². The molecule has 1 aromatic rings. The molecule has 0 saturated carbocycles. The minimum absolute atomic E-state index is 0.534. The molecule has 1 saturated heterocycles. The minimum atomic E-state index is -1.23. The third kappa shape index (κ3) is 3.19. The maximum atomic E-state index is 9.87. The summed E-state index contributed by atoms with van der Waals surface area (Å²) < 4.78 is 5.39. The molecule has 0 spiro atoms. The molecule has 1 heterocycles. The minimum Gasteiger partial charge on any atom is -0.399 e. The molecule has 6 nitrogen and oxygen atoms in total. The van der Waals surface area contributed by atoms with Crippen LogP contribution in [0.15, 0.2) is 29.2 Å². The molecule has 1 aromatic carbocycles. The zero-order valence-corrected chi connectivity index (χ0v) is 10.9. The molecule has 0 bridgehead atoms. The molecule has 7 heteroatoms. The molecule has 0 radical (unpaired) electrons. The van der Waals surface area contributed by atoms with Crippen molar-refractivity contribution in [2.24, 2.45) is 0 Å². The number of hydrogen-bond acceptors (Lipinski definition) is 7. The van der Waals surface area contributed by atoms with E-state index in [4.69, 9.17) is 15.6 Å². The number of aliphatic hydroxyl groups excluding tert-OH is 4. The first-order valence-electron chi connectivity index (χ1n) is 5.85. The maximum absolute atomic E-state index is 9.87. The van der Waals surface area contributed by atoms with Crippen molar-refractivity contribution in [1.82, 2.24) is 0 Å². The van der Waals surface area contributed by atoms with Crippen molar-refractivity contribution < 1.29 is 25.2 Å². The van der Waals surface area contributed by atoms with Gasteiger partial charge in [0.15, 0.2) is 0 Å². The van der Waals surface area contributed by atoms with Crippen molar-refractivity contribution in [1.29, 1.82) is 0 Å². The predicted octanol–water partition coefficient (Wildman–Crippen LogP) is -0.839. The molecule has 1 fully saturated rings. The first-order chi connectivity index (χ1) is 9.02. The van der Waals surface area contributed by atoms with Gasteiger partial charge in [0.25, 0.3) is 0 Å². The zero-order valence-electron chi connectivity index (χ0n) is 10.1. The Bertz CT molecular complexity index is 415. The lowest BCUT2D eigenvalue weighted by atomic mass is 10.1. The number of thioether (sulfide) groups is 1. The Balaban J connectivity index is 2.03. The highest BCUT2D eigenvalue weighted by Gasteiger charge is 2.46. The first kappa shape index (κ1) is 14.6. The van der Waals surface area contributed by atoms with E-state index in [1.54, 1.807) is 24.3 Å². The summed E-state index contributed by atoms with van der Waals surface area (Å²) in [5, 5.41) is 38.0. The number of nitrogens with two attached hydrogens (primary N) is 1. The van der Waals surface area contributed by atoms with Crippen molar-refractivity contribution in [3.8, 4) is 0 Å². The van der Waals surface area contributed by atoms with Crippen molar-refractivity contribution in [3.63, 3.8) is 0 Å². The molecule has 1 aliphatic rings. The summed E-state index contributed by atoms with van der Waals surface area (Å²) in [5.74, 6) is 0. The van der Waals surface area contributed by atoms with Gasteiger partial charge in [0, 0.05) is 10.6 Å². The van der Waals surface area contributed by atoms with Gasteiger partial charge in [0.1, 0.15) is 29.9 Å². The fraction of sp³-hybridized carbons (Fsp3) is 0.500. The Morgan fingerprint density at radius 1 is 1.21 bits per heavy atom. The van der Waals surface area contributed by atoms with Crippen molar-refractivity contribution in [2.45, 2.75) is 34.7 Å². The molecule has 0 unspecified atom stereocenters. The Morgan fingerprint density at radius 2 is 1.84 bits per heavy atom. The Hall–Kier alpha value is -0.830. The maximum Gasteiger partial charge on any atom is 0.136 e. The van der Waals surface area contributed by atoms with Crippen LogP contribution in [0.25, 0.3) is 0 Å². The van der Waals surface area contributed by atoms with Crippen molar-refractivity contribution >= 4 is 17.4 Å². The number of anilines is 1. The Morgan fingerprint density at radius 3 is 2.42 bits per heavy atom. The van der Waals surface area contributed by atoms with Gasteiger partial charge in [-0.05, 0) is 24.3 Å². The number of nitrogen functional groups attached to an aromatic ring is 1. The molecular formula is C12H17NO5S. The number of hydrogen-bond donors (Lipinski definition) is 5. The number of benzene rings is 1. The second-order valence-corrected chi connectivity index (χ2v) is 5.56. The van der Waals surface area contributed by atoms with E-state index < -0.39 is 36.5 Å². The molecule has 0 aliphatic carbocycles. The van der Waals surface area contributed by atoms with Crippen LogP contribution >= 0.6 is 11.8 Å². The van der Waals surface area contributed by atoms with Crippen LogP contribution in [0.2, 0.25) is 0 Å². The van der Waals surface area contributed by atoms with Gasteiger partial charge in [-0.25, -0.2) is 0 Å². The van der Waals surface area contributed by atoms with Gasteiger partial charge in [0.2, 0.25) is 0 Å². The summed E-state index contributed by atoms with van der Waals surface area (Å²) >= 11 is 1.22. The third-order valence-corrected chi connectivity index (χ3v) is 4.12. The van der Waals surface area contributed by atoms with E-state index in [0.29, 0.717) is 5.69 Å². The van der Waals surface area contributed by atoms with Crippen molar-refractivity contribution in [3.05, 3.63) is 24.3 Å². The monoisotopic (exact) mass is 287 g/mol. The quantitative estimate of drug-likeness (QED) is 0.458.